The smallest absolute Gasteiger partial charge is 0.252 e. The van der Waals surface area contributed by atoms with E-state index in [1.54, 1.807) is 48.3 Å². The predicted molar refractivity (Wildman–Crippen MR) is 118 cm³/mol. The molecule has 2 aromatic carbocycles. The highest BCUT2D eigenvalue weighted by Gasteiger charge is 2.22. The van der Waals surface area contributed by atoms with Crippen LogP contribution in [0.25, 0.3) is 0 Å². The fourth-order valence-electron chi connectivity index (χ4n) is 3.27. The first-order valence-corrected chi connectivity index (χ1v) is 11.5. The van der Waals surface area contributed by atoms with Gasteiger partial charge >= 0.3 is 0 Å². The van der Waals surface area contributed by atoms with E-state index in [2.05, 4.69) is 15.0 Å². The van der Waals surface area contributed by atoms with E-state index in [9.17, 15) is 17.6 Å². The Hall–Kier alpha value is -3.76. The number of rotatable bonds is 8. The van der Waals surface area contributed by atoms with Crippen LogP contribution in [0.2, 0.25) is 0 Å². The molecule has 33 heavy (non-hydrogen) atoms. The number of sulfonamides is 1. The van der Waals surface area contributed by atoms with Crippen molar-refractivity contribution in [1.82, 2.24) is 19.6 Å². The van der Waals surface area contributed by atoms with Crippen LogP contribution in [0.15, 0.2) is 88.6 Å². The molecule has 8 nitrogen and oxygen atoms in total. The second kappa shape index (κ2) is 9.39. The molecule has 0 radical (unpaired) electrons. The fourth-order valence-corrected chi connectivity index (χ4v) is 4.26. The Labute approximate surface area is 190 Å². The van der Waals surface area contributed by atoms with Crippen molar-refractivity contribution in [3.63, 3.8) is 0 Å². The molecule has 0 spiro atoms. The number of carbonyl (C=O) groups excluding carboxylic acids is 1. The Balaban J connectivity index is 1.51. The van der Waals surface area contributed by atoms with Crippen LogP contribution in [-0.4, -0.2) is 23.9 Å². The van der Waals surface area contributed by atoms with Crippen LogP contribution in [0.4, 0.5) is 4.39 Å². The number of imidazole rings is 1. The Morgan fingerprint density at radius 1 is 1.12 bits per heavy atom. The van der Waals surface area contributed by atoms with Gasteiger partial charge in [-0.05, 0) is 54.1 Å². The molecule has 2 N–H and O–H groups in total. The lowest BCUT2D eigenvalue weighted by Gasteiger charge is -2.19. The van der Waals surface area contributed by atoms with Crippen molar-refractivity contribution in [2.75, 3.05) is 0 Å². The van der Waals surface area contributed by atoms with Gasteiger partial charge in [-0.25, -0.2) is 22.5 Å². The lowest BCUT2D eigenvalue weighted by molar-refractivity contribution is 0.0941. The van der Waals surface area contributed by atoms with E-state index >= 15 is 0 Å². The number of halogens is 1. The van der Waals surface area contributed by atoms with Gasteiger partial charge in [0.05, 0.1) is 17.7 Å². The van der Waals surface area contributed by atoms with Gasteiger partial charge in [-0.15, -0.1) is 0 Å². The Bertz CT molecular complexity index is 1330. The zero-order valence-electron chi connectivity index (χ0n) is 17.6. The molecule has 0 aliphatic carbocycles. The number of carbonyl (C=O) groups is 1. The average molecular weight is 469 g/mol. The zero-order chi connectivity index (χ0) is 23.4. The Kier molecular flexibility index (Phi) is 6.38. The van der Waals surface area contributed by atoms with Crippen molar-refractivity contribution in [1.29, 1.82) is 0 Å². The second-order valence-electron chi connectivity index (χ2n) is 7.28. The van der Waals surface area contributed by atoms with E-state index in [4.69, 9.17) is 4.42 Å². The number of nitrogens with one attached hydrogen (secondary N) is 2. The predicted octanol–water partition coefficient (Wildman–Crippen LogP) is 3.15. The summed E-state index contributed by atoms with van der Waals surface area (Å²) in [6.45, 7) is 0.0145. The number of amides is 1. The van der Waals surface area contributed by atoms with Crippen LogP contribution < -0.4 is 10.0 Å². The molecule has 0 fully saturated rings. The van der Waals surface area contributed by atoms with Crippen LogP contribution in [-0.2, 0) is 23.6 Å². The van der Waals surface area contributed by atoms with Crippen molar-refractivity contribution >= 4 is 15.9 Å². The van der Waals surface area contributed by atoms with Crippen LogP contribution in [0.1, 0.15) is 33.5 Å². The van der Waals surface area contributed by atoms with Crippen LogP contribution in [0.5, 0.6) is 0 Å². The first kappa shape index (κ1) is 22.4. The van der Waals surface area contributed by atoms with E-state index < -0.39 is 22.0 Å². The number of hydrogen-bond acceptors (Lipinski definition) is 5. The third-order valence-electron chi connectivity index (χ3n) is 5.04. The highest BCUT2D eigenvalue weighted by molar-refractivity contribution is 7.89. The number of nitrogens with zero attached hydrogens (tertiary/aromatic N) is 2. The van der Waals surface area contributed by atoms with Crippen LogP contribution in [0, 0.1) is 5.82 Å². The zero-order valence-corrected chi connectivity index (χ0v) is 18.4. The van der Waals surface area contributed by atoms with Gasteiger partial charge in [0, 0.05) is 25.0 Å². The Morgan fingerprint density at radius 3 is 2.45 bits per heavy atom. The molecular formula is C23H21FN4O4S. The minimum Gasteiger partial charge on any atom is -0.468 e. The molecule has 1 unspecified atom stereocenters. The van der Waals surface area contributed by atoms with Gasteiger partial charge in [-0.3, -0.25) is 4.79 Å². The number of hydrogen-bond donors (Lipinski definition) is 2. The normalized spacial score (nSPS) is 12.4. The second-order valence-corrected chi connectivity index (χ2v) is 9.05. The molecule has 0 aliphatic heterocycles. The molecule has 1 amide bonds. The highest BCUT2D eigenvalue weighted by Crippen LogP contribution is 2.22. The summed E-state index contributed by atoms with van der Waals surface area (Å²) in [6, 6.07) is 14.0. The van der Waals surface area contributed by atoms with Gasteiger partial charge in [-0.2, -0.15) is 0 Å². The van der Waals surface area contributed by atoms with Gasteiger partial charge in [0.1, 0.15) is 23.4 Å². The summed E-state index contributed by atoms with van der Waals surface area (Å²) in [7, 11) is -1.99. The molecule has 0 saturated carbocycles. The third-order valence-corrected chi connectivity index (χ3v) is 6.46. The quantitative estimate of drug-likeness (QED) is 0.413. The lowest BCUT2D eigenvalue weighted by atomic mass is 10.1. The van der Waals surface area contributed by atoms with Crippen molar-refractivity contribution in [2.45, 2.75) is 17.5 Å². The Morgan fingerprint density at radius 2 is 1.85 bits per heavy atom. The van der Waals surface area contributed by atoms with E-state index in [-0.39, 0.29) is 22.8 Å². The SMILES string of the molecule is Cn1ccnc1C(NC(=O)c1ccc(S(=O)(=O)NCc2ccco2)cc1)c1ccc(F)cc1. The van der Waals surface area contributed by atoms with Crippen molar-refractivity contribution in [3.05, 3.63) is 108 Å². The van der Waals surface area contributed by atoms with Gasteiger partial charge in [0.15, 0.2) is 0 Å². The summed E-state index contributed by atoms with van der Waals surface area (Å²) in [4.78, 5) is 17.3. The highest BCUT2D eigenvalue weighted by atomic mass is 32.2. The topological polar surface area (TPSA) is 106 Å². The van der Waals surface area contributed by atoms with Crippen LogP contribution in [0.3, 0.4) is 0 Å². The summed E-state index contributed by atoms with van der Waals surface area (Å²) in [5.41, 5.74) is 0.918. The van der Waals surface area contributed by atoms with Gasteiger partial charge in [0.25, 0.3) is 5.91 Å². The molecule has 4 aromatic rings. The molecule has 0 aliphatic rings. The molecule has 10 heteroatoms. The third kappa shape index (κ3) is 5.18. The number of aromatic nitrogens is 2. The largest absolute Gasteiger partial charge is 0.468 e. The van der Waals surface area contributed by atoms with Crippen molar-refractivity contribution in [2.24, 2.45) is 7.05 Å². The minimum atomic E-state index is -3.78. The number of furan rings is 1. The summed E-state index contributed by atoms with van der Waals surface area (Å²) >= 11 is 0. The summed E-state index contributed by atoms with van der Waals surface area (Å²) in [5.74, 6) is 0.230. The molecule has 2 heterocycles. The number of aryl methyl sites for hydroxylation is 1. The van der Waals surface area contributed by atoms with Crippen molar-refractivity contribution < 1.29 is 22.0 Å². The van der Waals surface area contributed by atoms with E-state index in [0.29, 0.717) is 17.1 Å². The molecule has 4 rings (SSSR count). The number of benzene rings is 2. The molecule has 170 valence electrons. The lowest BCUT2D eigenvalue weighted by Crippen LogP contribution is -2.31. The van der Waals surface area contributed by atoms with Crippen molar-refractivity contribution in [3.8, 4) is 0 Å². The van der Waals surface area contributed by atoms with Gasteiger partial charge in [0.2, 0.25) is 10.0 Å². The van der Waals surface area contributed by atoms with E-state index in [1.165, 1.54) is 42.7 Å². The van der Waals surface area contributed by atoms with E-state index in [0.717, 1.165) is 0 Å². The molecule has 0 bridgehead atoms. The maximum absolute atomic E-state index is 13.4. The van der Waals surface area contributed by atoms with Crippen LogP contribution >= 0.6 is 0 Å². The monoisotopic (exact) mass is 468 g/mol. The average Bonchev–Trinajstić information content (AvgIpc) is 3.49. The standard InChI is InChI=1S/C23H21FN4O4S/c1-28-13-12-25-22(28)21(16-4-8-18(24)9-5-16)27-23(29)17-6-10-20(11-7-17)33(30,31)26-15-19-3-2-14-32-19/h2-14,21,26H,15H2,1H3,(H,27,29). The molecule has 0 saturated heterocycles. The maximum Gasteiger partial charge on any atom is 0.252 e. The molecule has 1 atom stereocenters. The maximum atomic E-state index is 13.4. The van der Waals surface area contributed by atoms with E-state index in [1.807, 2.05) is 0 Å². The minimum absolute atomic E-state index is 0.0145. The first-order chi connectivity index (χ1) is 15.8. The molecule has 2 aromatic heterocycles. The first-order valence-electron chi connectivity index (χ1n) is 9.99. The van der Waals surface area contributed by atoms with Gasteiger partial charge < -0.3 is 14.3 Å². The summed E-state index contributed by atoms with van der Waals surface area (Å²) in [6.07, 6.45) is 4.81. The van der Waals surface area contributed by atoms with Gasteiger partial charge in [-0.1, -0.05) is 12.1 Å². The summed E-state index contributed by atoms with van der Waals surface area (Å²) < 4.78 is 47.7. The summed E-state index contributed by atoms with van der Waals surface area (Å²) in [5, 5.41) is 2.89. The molecular weight excluding hydrogens is 447 g/mol. The fraction of sp³-hybridized carbons (Fsp3) is 0.130.